The molecule has 0 spiro atoms. The first-order valence-corrected chi connectivity index (χ1v) is 9.47. The number of nitrogens with zero attached hydrogens (tertiary/aromatic N) is 2. The molecular weight excluding hydrogens is 444 g/mol. The number of amides is 2. The van der Waals surface area contributed by atoms with Gasteiger partial charge in [0.1, 0.15) is 6.04 Å². The fourth-order valence-corrected chi connectivity index (χ4v) is 3.15. The smallest absolute Gasteiger partial charge is 1.00 e. The third kappa shape index (κ3) is 5.63. The molecule has 0 saturated carbocycles. The molecule has 2 amide bonds. The SMILES string of the molecule is O=C(NC1CN(S(=O)(=O)O)C1=O)C(=NOC(=O)C(Cl)Cl)c1cccs1.[H-].[Na+]. The molecule has 138 valence electrons. The minimum absolute atomic E-state index is 0. The summed E-state index contributed by atoms with van der Waals surface area (Å²) in [5.41, 5.74) is -0.338. The second-order valence-electron chi connectivity index (χ2n) is 4.50. The Labute approximate surface area is 185 Å². The summed E-state index contributed by atoms with van der Waals surface area (Å²) in [6, 6.07) is 1.93. The van der Waals surface area contributed by atoms with E-state index in [9.17, 15) is 22.8 Å². The Morgan fingerprint density at radius 3 is 2.62 bits per heavy atom. The average molecular weight is 454 g/mol. The quantitative estimate of drug-likeness (QED) is 0.0890. The molecule has 1 saturated heterocycles. The Morgan fingerprint density at radius 2 is 2.15 bits per heavy atom. The van der Waals surface area contributed by atoms with Crippen molar-refractivity contribution >= 4 is 68.3 Å². The zero-order chi connectivity index (χ0) is 18.8. The van der Waals surface area contributed by atoms with Crippen molar-refractivity contribution in [3.63, 3.8) is 0 Å². The second kappa shape index (κ2) is 9.46. The Morgan fingerprint density at radius 1 is 1.50 bits per heavy atom. The molecule has 1 atom stereocenters. The summed E-state index contributed by atoms with van der Waals surface area (Å²) >= 11 is 11.7. The number of thiophene rings is 1. The van der Waals surface area contributed by atoms with Gasteiger partial charge >= 0.3 is 45.8 Å². The number of hydrogen-bond donors (Lipinski definition) is 2. The van der Waals surface area contributed by atoms with Crippen LogP contribution in [0.4, 0.5) is 0 Å². The van der Waals surface area contributed by atoms with Crippen LogP contribution in [0.2, 0.25) is 0 Å². The van der Waals surface area contributed by atoms with Crippen LogP contribution in [0.15, 0.2) is 22.7 Å². The van der Waals surface area contributed by atoms with Gasteiger partial charge in [-0.2, -0.15) is 8.42 Å². The van der Waals surface area contributed by atoms with E-state index in [2.05, 4.69) is 15.3 Å². The molecule has 0 bridgehead atoms. The van der Waals surface area contributed by atoms with E-state index in [0.29, 0.717) is 4.88 Å². The van der Waals surface area contributed by atoms with Crippen LogP contribution >= 0.6 is 34.5 Å². The zero-order valence-corrected chi connectivity index (χ0v) is 18.1. The first-order chi connectivity index (χ1) is 11.6. The van der Waals surface area contributed by atoms with Gasteiger partial charge in [0, 0.05) is 0 Å². The topological polar surface area (TPSA) is 142 Å². The van der Waals surface area contributed by atoms with Gasteiger partial charge in [0.05, 0.1) is 11.4 Å². The van der Waals surface area contributed by atoms with Gasteiger partial charge in [-0.05, 0) is 11.4 Å². The van der Waals surface area contributed by atoms with E-state index in [-0.39, 0.29) is 41.0 Å². The van der Waals surface area contributed by atoms with Crippen molar-refractivity contribution in [1.82, 2.24) is 9.62 Å². The van der Waals surface area contributed by atoms with E-state index in [1.54, 1.807) is 11.4 Å². The summed E-state index contributed by atoms with van der Waals surface area (Å²) in [5.74, 6) is -3.02. The van der Waals surface area contributed by atoms with Gasteiger partial charge < -0.3 is 11.6 Å². The van der Waals surface area contributed by atoms with Crippen LogP contribution in [-0.2, 0) is 29.5 Å². The Kier molecular flexibility index (Phi) is 8.48. The molecule has 1 aromatic heterocycles. The maximum absolute atomic E-state index is 12.3. The van der Waals surface area contributed by atoms with E-state index in [1.165, 1.54) is 6.07 Å². The van der Waals surface area contributed by atoms with Crippen LogP contribution in [0.25, 0.3) is 0 Å². The van der Waals surface area contributed by atoms with Crippen LogP contribution in [0, 0.1) is 0 Å². The molecule has 1 aliphatic rings. The number of rotatable bonds is 6. The monoisotopic (exact) mass is 453 g/mol. The van der Waals surface area contributed by atoms with Crippen LogP contribution in [0.1, 0.15) is 6.30 Å². The number of alkyl halides is 2. The van der Waals surface area contributed by atoms with Gasteiger partial charge in [0.2, 0.25) is 4.84 Å². The fraction of sp³-hybridized carbons (Fsp3) is 0.273. The van der Waals surface area contributed by atoms with Gasteiger partial charge in [0.15, 0.2) is 5.71 Å². The van der Waals surface area contributed by atoms with E-state index in [1.807, 2.05) is 0 Å². The standard InChI is InChI=1S/C11H9Cl2N3O7S2.Na.H/c12-8(13)11(19)23-15-7(6-2-1-3-24-6)9(17)14-5-4-16(10(5)18)25(20,21)22;;/h1-3,5,8H,4H2,(H,14,17)(H,20,21,22);;/q;+1;-1. The Hall–Kier alpha value is -0.730. The molecule has 2 heterocycles. The van der Waals surface area contributed by atoms with E-state index in [4.69, 9.17) is 27.8 Å². The van der Waals surface area contributed by atoms with Gasteiger partial charge in [-0.3, -0.25) is 14.1 Å². The van der Waals surface area contributed by atoms with Crippen LogP contribution < -0.4 is 34.9 Å². The molecular formula is C11H10Cl2N3NaO7S2. The molecule has 1 fully saturated rings. The maximum Gasteiger partial charge on any atom is 1.00 e. The van der Waals surface area contributed by atoms with E-state index in [0.717, 1.165) is 11.3 Å². The minimum Gasteiger partial charge on any atom is -1.00 e. The van der Waals surface area contributed by atoms with Gasteiger partial charge in [0.25, 0.3) is 11.8 Å². The Bertz CT molecular complexity index is 835. The largest absolute Gasteiger partial charge is 1.00 e. The summed E-state index contributed by atoms with van der Waals surface area (Å²) in [6.07, 6.45) is 0. The summed E-state index contributed by atoms with van der Waals surface area (Å²) in [5, 5.41) is 7.24. The van der Waals surface area contributed by atoms with Gasteiger partial charge in [-0.15, -0.1) is 11.3 Å². The predicted molar refractivity (Wildman–Crippen MR) is 88.7 cm³/mol. The second-order valence-corrected chi connectivity index (χ2v) is 7.88. The third-order valence-electron chi connectivity index (χ3n) is 2.85. The Balaban J connectivity index is 0.00000338. The number of β-lactam (4-membered cyclic amide) rings is 1. The minimum atomic E-state index is -4.67. The van der Waals surface area contributed by atoms with Crippen LogP contribution in [-0.4, -0.2) is 58.2 Å². The number of oxime groups is 1. The molecule has 0 aromatic carbocycles. The maximum atomic E-state index is 12.3. The number of carbonyl (C=O) groups is 3. The van der Waals surface area contributed by atoms with E-state index >= 15 is 0 Å². The average Bonchev–Trinajstić information content (AvgIpc) is 3.03. The van der Waals surface area contributed by atoms with Gasteiger partial charge in [-0.25, -0.2) is 9.10 Å². The van der Waals surface area contributed by atoms with Gasteiger partial charge in [-0.1, -0.05) is 34.4 Å². The number of halogens is 2. The summed E-state index contributed by atoms with van der Waals surface area (Å²) < 4.78 is 30.7. The van der Waals surface area contributed by atoms with Crippen molar-refractivity contribution in [3.8, 4) is 0 Å². The van der Waals surface area contributed by atoms with Crippen molar-refractivity contribution in [2.45, 2.75) is 10.9 Å². The van der Waals surface area contributed by atoms with Crippen molar-refractivity contribution in [2.75, 3.05) is 6.54 Å². The van der Waals surface area contributed by atoms with Crippen molar-refractivity contribution in [3.05, 3.63) is 22.4 Å². The number of nitrogens with one attached hydrogen (secondary N) is 1. The van der Waals surface area contributed by atoms with Crippen LogP contribution in [0.5, 0.6) is 0 Å². The normalized spacial score (nSPS) is 17.4. The summed E-state index contributed by atoms with van der Waals surface area (Å²) in [4.78, 5) is 38.4. The van der Waals surface area contributed by atoms with Crippen molar-refractivity contribution < 1.29 is 63.2 Å². The predicted octanol–water partition coefficient (Wildman–Crippen LogP) is -2.95. The fourth-order valence-electron chi connectivity index (χ4n) is 1.68. The number of hydrogen-bond acceptors (Lipinski definition) is 8. The molecule has 10 nitrogen and oxygen atoms in total. The first-order valence-electron chi connectivity index (χ1n) is 6.32. The van der Waals surface area contributed by atoms with Crippen molar-refractivity contribution in [2.24, 2.45) is 5.16 Å². The number of carbonyl (C=O) groups excluding carboxylic acids is 3. The molecule has 26 heavy (non-hydrogen) atoms. The zero-order valence-electron chi connectivity index (χ0n) is 14.0. The van der Waals surface area contributed by atoms with E-state index < -0.39 is 45.5 Å². The first kappa shape index (κ1) is 23.3. The molecule has 0 aliphatic carbocycles. The molecule has 1 aromatic rings. The van der Waals surface area contributed by atoms with Crippen LogP contribution in [0.3, 0.4) is 0 Å². The molecule has 2 N–H and O–H groups in total. The summed E-state index contributed by atoms with van der Waals surface area (Å²) in [6.45, 7) is -0.438. The molecule has 1 aliphatic heterocycles. The van der Waals surface area contributed by atoms with Crippen molar-refractivity contribution in [1.29, 1.82) is 0 Å². The molecule has 2 rings (SSSR count). The molecule has 1 unspecified atom stereocenters. The molecule has 15 heteroatoms. The summed E-state index contributed by atoms with van der Waals surface area (Å²) in [7, 11) is -4.67. The third-order valence-corrected chi connectivity index (χ3v) is 4.97. The molecule has 0 radical (unpaired) electrons.